The molecule has 0 radical (unpaired) electrons. The molecule has 3 heterocycles. The summed E-state index contributed by atoms with van der Waals surface area (Å²) in [5.41, 5.74) is 2.06. The number of aryl methyl sites for hydroxylation is 1. The zero-order valence-corrected chi connectivity index (χ0v) is 15.9. The van der Waals surface area contributed by atoms with Crippen molar-refractivity contribution in [1.82, 2.24) is 20.5 Å². The molecule has 1 atom stereocenters. The summed E-state index contributed by atoms with van der Waals surface area (Å²) in [6.45, 7) is 5.92. The number of hydrogen-bond donors (Lipinski definition) is 2. The zero-order chi connectivity index (χ0) is 17.5. The fourth-order valence-electron chi connectivity index (χ4n) is 3.23. The second-order valence-electron chi connectivity index (χ2n) is 6.35. The number of guanidine groups is 1. The minimum Gasteiger partial charge on any atom is -0.354 e. The first-order valence-corrected chi connectivity index (χ1v) is 9.79. The monoisotopic (exact) mass is 357 g/mol. The fraction of sp³-hybridized carbons (Fsp3) is 0.474. The maximum Gasteiger partial charge on any atom is 0.191 e. The number of nitrogens with one attached hydrogen (secondary N) is 2. The molecule has 0 aliphatic carbocycles. The number of thiophene rings is 1. The first kappa shape index (κ1) is 17.9. The summed E-state index contributed by atoms with van der Waals surface area (Å²) >= 11 is 1.84. The van der Waals surface area contributed by atoms with E-state index in [2.05, 4.69) is 43.0 Å². The molecule has 0 spiro atoms. The Morgan fingerprint density at radius 1 is 1.24 bits per heavy atom. The Morgan fingerprint density at radius 2 is 2.08 bits per heavy atom. The van der Waals surface area contributed by atoms with Gasteiger partial charge in [-0.3, -0.25) is 14.9 Å². The van der Waals surface area contributed by atoms with Crippen LogP contribution in [0.5, 0.6) is 0 Å². The largest absolute Gasteiger partial charge is 0.354 e. The second kappa shape index (κ2) is 8.97. The highest BCUT2D eigenvalue weighted by atomic mass is 32.1. The van der Waals surface area contributed by atoms with Gasteiger partial charge in [-0.1, -0.05) is 12.1 Å². The Hall–Kier alpha value is -1.92. The predicted molar refractivity (Wildman–Crippen MR) is 105 cm³/mol. The number of pyridine rings is 1. The van der Waals surface area contributed by atoms with Gasteiger partial charge in [0.15, 0.2) is 5.96 Å². The van der Waals surface area contributed by atoms with Crippen LogP contribution in [0.2, 0.25) is 0 Å². The van der Waals surface area contributed by atoms with Crippen LogP contribution >= 0.6 is 11.3 Å². The van der Waals surface area contributed by atoms with Crippen LogP contribution in [0, 0.1) is 6.92 Å². The van der Waals surface area contributed by atoms with E-state index in [0.29, 0.717) is 12.6 Å². The van der Waals surface area contributed by atoms with Crippen LogP contribution < -0.4 is 10.6 Å². The molecular formula is C19H27N5S. The zero-order valence-electron chi connectivity index (χ0n) is 15.0. The fourth-order valence-corrected chi connectivity index (χ4v) is 4.09. The molecule has 2 aromatic heterocycles. The molecule has 2 N–H and O–H groups in total. The lowest BCUT2D eigenvalue weighted by molar-refractivity contribution is 0.249. The molecule has 0 saturated carbocycles. The number of likely N-dealkylation sites (tertiary alicyclic amines) is 1. The van der Waals surface area contributed by atoms with Crippen LogP contribution in [0.4, 0.5) is 0 Å². The van der Waals surface area contributed by atoms with Crippen molar-refractivity contribution in [2.24, 2.45) is 4.99 Å². The van der Waals surface area contributed by atoms with Gasteiger partial charge in [-0.25, -0.2) is 0 Å². The van der Waals surface area contributed by atoms with Crippen molar-refractivity contribution in [2.45, 2.75) is 32.4 Å². The molecule has 134 valence electrons. The van der Waals surface area contributed by atoms with Crippen LogP contribution in [-0.4, -0.2) is 42.5 Å². The standard InChI is InChI=1S/C19H27N5S/c1-15-7-5-8-16(23-15)13-21-19(20-2)22-14-17(18-9-6-12-25-18)24-10-3-4-11-24/h5-9,12,17H,3-4,10-11,13-14H2,1-2H3,(H2,20,21,22). The van der Waals surface area contributed by atoms with Gasteiger partial charge in [-0.2, -0.15) is 0 Å². The van der Waals surface area contributed by atoms with E-state index in [9.17, 15) is 0 Å². The maximum absolute atomic E-state index is 4.53. The second-order valence-corrected chi connectivity index (χ2v) is 7.33. The van der Waals surface area contributed by atoms with Crippen molar-refractivity contribution < 1.29 is 0 Å². The summed E-state index contributed by atoms with van der Waals surface area (Å²) in [5.74, 6) is 0.823. The molecule has 0 amide bonds. The van der Waals surface area contributed by atoms with E-state index in [0.717, 1.165) is 23.9 Å². The third-order valence-corrected chi connectivity index (χ3v) is 5.50. The first-order chi connectivity index (χ1) is 12.3. The van der Waals surface area contributed by atoms with Crippen molar-refractivity contribution >= 4 is 17.3 Å². The average Bonchev–Trinajstić information content (AvgIpc) is 3.32. The van der Waals surface area contributed by atoms with Crippen LogP contribution in [-0.2, 0) is 6.54 Å². The normalized spacial score (nSPS) is 16.8. The average molecular weight is 358 g/mol. The molecule has 1 saturated heterocycles. The van der Waals surface area contributed by atoms with Gasteiger partial charge in [0.1, 0.15) is 0 Å². The van der Waals surface area contributed by atoms with Crippen molar-refractivity contribution in [3.63, 3.8) is 0 Å². The van der Waals surface area contributed by atoms with Crippen molar-refractivity contribution in [1.29, 1.82) is 0 Å². The molecule has 1 aliphatic heterocycles. The summed E-state index contributed by atoms with van der Waals surface area (Å²) in [7, 11) is 1.81. The number of rotatable bonds is 6. The molecule has 1 unspecified atom stereocenters. The molecule has 0 bridgehead atoms. The van der Waals surface area contributed by atoms with E-state index < -0.39 is 0 Å². The number of aromatic nitrogens is 1. The molecule has 25 heavy (non-hydrogen) atoms. The lowest BCUT2D eigenvalue weighted by Gasteiger charge is -2.27. The van der Waals surface area contributed by atoms with Crippen molar-refractivity contribution in [2.75, 3.05) is 26.7 Å². The van der Waals surface area contributed by atoms with Crippen LogP contribution in [0.25, 0.3) is 0 Å². The van der Waals surface area contributed by atoms with Gasteiger partial charge >= 0.3 is 0 Å². The van der Waals surface area contributed by atoms with Gasteiger partial charge in [-0.15, -0.1) is 11.3 Å². The minimum absolute atomic E-state index is 0.415. The minimum atomic E-state index is 0.415. The Morgan fingerprint density at radius 3 is 2.76 bits per heavy atom. The SMILES string of the molecule is CN=C(NCc1cccc(C)n1)NCC(c1cccs1)N1CCCC1. The molecule has 1 fully saturated rings. The highest BCUT2D eigenvalue weighted by molar-refractivity contribution is 7.10. The van der Waals surface area contributed by atoms with Gasteiger partial charge in [-0.05, 0) is 56.4 Å². The molecule has 1 aliphatic rings. The summed E-state index contributed by atoms with van der Waals surface area (Å²) in [4.78, 5) is 12.9. The Bertz CT molecular complexity index is 677. The van der Waals surface area contributed by atoms with Crippen molar-refractivity contribution in [3.8, 4) is 0 Å². The number of aliphatic imine (C=N–C) groups is 1. The third kappa shape index (κ3) is 5.03. The van der Waals surface area contributed by atoms with Gasteiger partial charge in [0.2, 0.25) is 0 Å². The Kier molecular flexibility index (Phi) is 6.42. The lowest BCUT2D eigenvalue weighted by Crippen LogP contribution is -2.42. The highest BCUT2D eigenvalue weighted by Crippen LogP contribution is 2.27. The topological polar surface area (TPSA) is 52.6 Å². The first-order valence-electron chi connectivity index (χ1n) is 8.91. The van der Waals surface area contributed by atoms with E-state index in [1.165, 1.54) is 30.8 Å². The van der Waals surface area contributed by atoms with Gasteiger partial charge < -0.3 is 10.6 Å². The van der Waals surface area contributed by atoms with Crippen LogP contribution in [0.15, 0.2) is 40.7 Å². The van der Waals surface area contributed by atoms with E-state index >= 15 is 0 Å². The van der Waals surface area contributed by atoms with Gasteiger partial charge in [0, 0.05) is 24.2 Å². The molecule has 5 nitrogen and oxygen atoms in total. The van der Waals surface area contributed by atoms with Crippen molar-refractivity contribution in [3.05, 3.63) is 52.0 Å². The Labute approximate surface area is 154 Å². The molecule has 0 aromatic carbocycles. The number of nitrogens with zero attached hydrogens (tertiary/aromatic N) is 3. The smallest absolute Gasteiger partial charge is 0.191 e. The molecule has 6 heteroatoms. The summed E-state index contributed by atoms with van der Waals surface area (Å²) < 4.78 is 0. The predicted octanol–water partition coefficient (Wildman–Crippen LogP) is 2.95. The van der Waals surface area contributed by atoms with Gasteiger partial charge in [0.05, 0.1) is 18.3 Å². The van der Waals surface area contributed by atoms with E-state index in [1.54, 1.807) is 0 Å². The van der Waals surface area contributed by atoms with Gasteiger partial charge in [0.25, 0.3) is 0 Å². The van der Waals surface area contributed by atoms with E-state index in [-0.39, 0.29) is 0 Å². The van der Waals surface area contributed by atoms with E-state index in [1.807, 2.05) is 43.5 Å². The molecule has 2 aromatic rings. The highest BCUT2D eigenvalue weighted by Gasteiger charge is 2.24. The molecule has 3 rings (SSSR count). The summed E-state index contributed by atoms with van der Waals surface area (Å²) in [5, 5.41) is 9.02. The maximum atomic E-state index is 4.53. The quantitative estimate of drug-likeness (QED) is 0.616. The third-order valence-electron chi connectivity index (χ3n) is 4.52. The summed E-state index contributed by atoms with van der Waals surface area (Å²) in [6, 6.07) is 10.9. The lowest BCUT2D eigenvalue weighted by atomic mass is 10.2. The van der Waals surface area contributed by atoms with Crippen LogP contribution in [0.3, 0.4) is 0 Å². The van der Waals surface area contributed by atoms with E-state index in [4.69, 9.17) is 0 Å². The number of hydrogen-bond acceptors (Lipinski definition) is 4. The Balaban J connectivity index is 1.57. The van der Waals surface area contributed by atoms with Crippen LogP contribution in [0.1, 0.15) is 35.1 Å². The molecular weight excluding hydrogens is 330 g/mol. The summed E-state index contributed by atoms with van der Waals surface area (Å²) in [6.07, 6.45) is 2.60.